The highest BCUT2D eigenvalue weighted by molar-refractivity contribution is 7.18. The molecule has 1 aromatic carbocycles. The van der Waals surface area contributed by atoms with E-state index < -0.39 is 0 Å². The van der Waals surface area contributed by atoms with Gasteiger partial charge in [0.05, 0.1) is 29.1 Å². The minimum absolute atomic E-state index is 0.0927. The molecule has 0 spiro atoms. The van der Waals surface area contributed by atoms with Crippen molar-refractivity contribution in [1.29, 1.82) is 0 Å². The number of pyridine rings is 1. The van der Waals surface area contributed by atoms with Gasteiger partial charge in [0.1, 0.15) is 11.1 Å². The zero-order valence-corrected chi connectivity index (χ0v) is 16.7. The minimum Gasteiger partial charge on any atom is -0.367 e. The van der Waals surface area contributed by atoms with Crippen molar-refractivity contribution in [3.05, 3.63) is 70.2 Å². The van der Waals surface area contributed by atoms with Gasteiger partial charge in [0, 0.05) is 37.6 Å². The molecule has 4 aromatic rings. The molecule has 29 heavy (non-hydrogen) atoms. The van der Waals surface area contributed by atoms with Crippen LogP contribution in [0.1, 0.15) is 11.1 Å². The maximum absolute atomic E-state index is 12.6. The molecule has 146 valence electrons. The van der Waals surface area contributed by atoms with Gasteiger partial charge in [-0.15, -0.1) is 11.3 Å². The Hall–Kier alpha value is -3.10. The van der Waals surface area contributed by atoms with Gasteiger partial charge in [-0.2, -0.15) is 0 Å². The number of fused-ring (bicyclic) bond motifs is 1. The second-order valence-corrected chi connectivity index (χ2v) is 7.96. The molecule has 0 aliphatic carbocycles. The quantitative estimate of drug-likeness (QED) is 0.522. The van der Waals surface area contributed by atoms with E-state index in [1.54, 1.807) is 41.4 Å². The van der Waals surface area contributed by atoms with Gasteiger partial charge in [-0.1, -0.05) is 12.1 Å². The first-order valence-electron chi connectivity index (χ1n) is 9.39. The predicted octanol–water partition coefficient (Wildman–Crippen LogP) is 3.03. The Kier molecular flexibility index (Phi) is 4.57. The van der Waals surface area contributed by atoms with E-state index in [0.29, 0.717) is 31.3 Å². The molecular formula is C21H19N5O2S. The largest absolute Gasteiger partial charge is 0.367 e. The fourth-order valence-corrected chi connectivity index (χ4v) is 4.50. The molecule has 0 saturated carbocycles. The van der Waals surface area contributed by atoms with Crippen molar-refractivity contribution in [3.63, 3.8) is 0 Å². The molecule has 0 amide bonds. The van der Waals surface area contributed by atoms with E-state index in [0.717, 1.165) is 20.8 Å². The molecule has 0 radical (unpaired) electrons. The number of aromatic nitrogens is 4. The number of hydrogen-bond donors (Lipinski definition) is 0. The lowest BCUT2D eigenvalue weighted by atomic mass is 10.2. The van der Waals surface area contributed by atoms with Crippen molar-refractivity contribution in [1.82, 2.24) is 19.5 Å². The highest BCUT2D eigenvalue weighted by Gasteiger charge is 2.27. The second-order valence-electron chi connectivity index (χ2n) is 6.90. The molecule has 1 fully saturated rings. The monoisotopic (exact) mass is 405 g/mol. The summed E-state index contributed by atoms with van der Waals surface area (Å²) < 4.78 is 8.75. The number of rotatable bonds is 3. The van der Waals surface area contributed by atoms with E-state index >= 15 is 0 Å². The summed E-state index contributed by atoms with van der Waals surface area (Å²) in [5.74, 6) is 0.638. The molecule has 1 atom stereocenters. The Balaban J connectivity index is 1.49. The smallest absolute Gasteiger partial charge is 0.255 e. The van der Waals surface area contributed by atoms with Crippen LogP contribution in [0.5, 0.6) is 0 Å². The summed E-state index contributed by atoms with van der Waals surface area (Å²) in [4.78, 5) is 28.3. The van der Waals surface area contributed by atoms with Crippen LogP contribution >= 0.6 is 11.3 Å². The van der Waals surface area contributed by atoms with Crippen LogP contribution in [-0.2, 0) is 11.8 Å². The average molecular weight is 405 g/mol. The van der Waals surface area contributed by atoms with Crippen LogP contribution < -0.4 is 10.5 Å². The summed E-state index contributed by atoms with van der Waals surface area (Å²) in [5.41, 5.74) is 2.41. The summed E-state index contributed by atoms with van der Waals surface area (Å²) in [6.07, 6.45) is 3.25. The predicted molar refractivity (Wildman–Crippen MR) is 113 cm³/mol. The Morgan fingerprint density at radius 1 is 1.14 bits per heavy atom. The number of thiazole rings is 1. The van der Waals surface area contributed by atoms with Crippen LogP contribution in [0.2, 0.25) is 0 Å². The van der Waals surface area contributed by atoms with E-state index in [-0.39, 0.29) is 11.7 Å². The Labute approximate surface area is 171 Å². The third-order valence-electron chi connectivity index (χ3n) is 5.02. The zero-order valence-electron chi connectivity index (χ0n) is 15.9. The minimum atomic E-state index is -0.150. The first kappa shape index (κ1) is 18.0. The van der Waals surface area contributed by atoms with Gasteiger partial charge in [-0.3, -0.25) is 14.3 Å². The Bertz CT molecular complexity index is 1190. The molecule has 1 aliphatic rings. The number of morpholine rings is 1. The Morgan fingerprint density at radius 2 is 1.97 bits per heavy atom. The van der Waals surface area contributed by atoms with Crippen LogP contribution in [0.3, 0.4) is 0 Å². The number of anilines is 1. The van der Waals surface area contributed by atoms with E-state index in [9.17, 15) is 4.79 Å². The van der Waals surface area contributed by atoms with E-state index in [2.05, 4.69) is 16.0 Å². The molecule has 1 saturated heterocycles. The van der Waals surface area contributed by atoms with Gasteiger partial charge in [0.25, 0.3) is 5.56 Å². The molecule has 1 unspecified atom stereocenters. The number of nitrogens with zero attached hydrogens (tertiary/aromatic N) is 5. The van der Waals surface area contributed by atoms with Gasteiger partial charge in [-0.05, 0) is 24.3 Å². The Morgan fingerprint density at radius 3 is 2.79 bits per heavy atom. The van der Waals surface area contributed by atoms with Crippen molar-refractivity contribution in [2.45, 2.75) is 6.10 Å². The molecule has 1 aliphatic heterocycles. The number of para-hydroxylation sites is 1. The van der Waals surface area contributed by atoms with E-state index in [1.165, 1.54) is 0 Å². The van der Waals surface area contributed by atoms with Crippen molar-refractivity contribution in [3.8, 4) is 11.3 Å². The molecule has 0 bridgehead atoms. The molecule has 7 nitrogen and oxygen atoms in total. The highest BCUT2D eigenvalue weighted by Crippen LogP contribution is 2.31. The van der Waals surface area contributed by atoms with E-state index in [1.807, 2.05) is 30.3 Å². The fourth-order valence-electron chi connectivity index (χ4n) is 3.49. The van der Waals surface area contributed by atoms with Crippen molar-refractivity contribution in [2.24, 2.45) is 7.05 Å². The van der Waals surface area contributed by atoms with Crippen LogP contribution in [0.25, 0.3) is 21.5 Å². The van der Waals surface area contributed by atoms with Crippen molar-refractivity contribution >= 4 is 27.5 Å². The molecule has 8 heteroatoms. The molecule has 4 heterocycles. The SMILES string of the molecule is Cn1c(N2CCOC(c3nc4ccccc4s3)C2)nc(-c2ccncc2)cc1=O. The summed E-state index contributed by atoms with van der Waals surface area (Å²) in [6, 6.07) is 13.4. The maximum atomic E-state index is 12.6. The molecule has 0 N–H and O–H groups in total. The van der Waals surface area contributed by atoms with E-state index in [4.69, 9.17) is 14.7 Å². The average Bonchev–Trinajstić information content (AvgIpc) is 3.21. The molecular weight excluding hydrogens is 386 g/mol. The topological polar surface area (TPSA) is 73.1 Å². The lowest BCUT2D eigenvalue weighted by Gasteiger charge is -2.33. The van der Waals surface area contributed by atoms with Crippen LogP contribution in [0, 0.1) is 0 Å². The summed E-state index contributed by atoms with van der Waals surface area (Å²) in [6.45, 7) is 1.82. The first-order valence-corrected chi connectivity index (χ1v) is 10.2. The van der Waals surface area contributed by atoms with Crippen molar-refractivity contribution in [2.75, 3.05) is 24.6 Å². The molecule has 5 rings (SSSR count). The summed E-state index contributed by atoms with van der Waals surface area (Å²) in [5, 5.41) is 0.950. The third-order valence-corrected chi connectivity index (χ3v) is 6.15. The maximum Gasteiger partial charge on any atom is 0.255 e. The first-order chi connectivity index (χ1) is 14.2. The fraction of sp³-hybridized carbons (Fsp3) is 0.238. The van der Waals surface area contributed by atoms with Gasteiger partial charge in [0.15, 0.2) is 0 Å². The van der Waals surface area contributed by atoms with Crippen LogP contribution in [0.15, 0.2) is 59.7 Å². The lowest BCUT2D eigenvalue weighted by molar-refractivity contribution is 0.0389. The van der Waals surface area contributed by atoms with Crippen LogP contribution in [0.4, 0.5) is 5.95 Å². The summed E-state index contributed by atoms with van der Waals surface area (Å²) >= 11 is 1.65. The van der Waals surface area contributed by atoms with Crippen molar-refractivity contribution < 1.29 is 4.74 Å². The number of hydrogen-bond acceptors (Lipinski definition) is 7. The number of ether oxygens (including phenoxy) is 1. The van der Waals surface area contributed by atoms with Gasteiger partial charge < -0.3 is 9.64 Å². The zero-order chi connectivity index (χ0) is 19.8. The molecule has 3 aromatic heterocycles. The van der Waals surface area contributed by atoms with Gasteiger partial charge in [0.2, 0.25) is 5.95 Å². The summed E-state index contributed by atoms with van der Waals surface area (Å²) in [7, 11) is 1.75. The standard InChI is InChI=1S/C21H19N5O2S/c1-25-19(27)12-16(14-6-8-22-9-7-14)24-21(25)26-10-11-28-17(13-26)20-23-15-4-2-3-5-18(15)29-20/h2-9,12,17H,10-11,13H2,1H3. The van der Waals surface area contributed by atoms with Crippen LogP contribution in [-0.4, -0.2) is 39.2 Å². The van der Waals surface area contributed by atoms with Gasteiger partial charge >= 0.3 is 0 Å². The van der Waals surface area contributed by atoms with Gasteiger partial charge in [-0.25, -0.2) is 9.97 Å². The number of benzene rings is 1. The lowest BCUT2D eigenvalue weighted by Crippen LogP contribution is -2.41. The second kappa shape index (κ2) is 7.38. The normalized spacial score (nSPS) is 17.0. The highest BCUT2D eigenvalue weighted by atomic mass is 32.1. The third kappa shape index (κ3) is 3.41.